The molecule has 1 atom stereocenters. The van der Waals surface area contributed by atoms with Crippen LogP contribution in [0.4, 0.5) is 10.1 Å². The summed E-state index contributed by atoms with van der Waals surface area (Å²) in [7, 11) is 1.73. The Balaban J connectivity index is 2.91. The summed E-state index contributed by atoms with van der Waals surface area (Å²) in [6.07, 6.45) is -0.785. The van der Waals surface area contributed by atoms with Crippen LogP contribution < -0.4 is 10.2 Å². The van der Waals surface area contributed by atoms with Crippen LogP contribution in [-0.4, -0.2) is 31.2 Å². The molecular formula is C13H19FN2O2. The van der Waals surface area contributed by atoms with Gasteiger partial charge in [-0.05, 0) is 32.0 Å². The first-order chi connectivity index (χ1) is 8.45. The van der Waals surface area contributed by atoms with Crippen LogP contribution >= 0.6 is 0 Å². The van der Waals surface area contributed by atoms with Gasteiger partial charge in [0.1, 0.15) is 5.82 Å². The van der Waals surface area contributed by atoms with Crippen molar-refractivity contribution in [2.45, 2.75) is 20.0 Å². The van der Waals surface area contributed by atoms with E-state index < -0.39 is 11.9 Å². The molecular weight excluding hydrogens is 235 g/mol. The van der Waals surface area contributed by atoms with E-state index in [0.29, 0.717) is 17.8 Å². The molecule has 0 fully saturated rings. The Hall–Kier alpha value is -1.62. The number of likely N-dealkylation sites (N-methyl/N-ethyl adjacent to an activating group) is 2. The van der Waals surface area contributed by atoms with Gasteiger partial charge in [0.2, 0.25) is 5.91 Å². The van der Waals surface area contributed by atoms with Crippen molar-refractivity contribution in [1.82, 2.24) is 5.32 Å². The molecule has 0 saturated heterocycles. The standard InChI is InChI=1S/C13H19FN2O2/c1-4-15-13(18)8-16(3)12-6-5-10(14)7-11(12)9(2)17/h5-7,9,17H,4,8H2,1-3H3,(H,15,18). The fraction of sp³-hybridized carbons (Fsp3) is 0.462. The molecule has 1 amide bonds. The van der Waals surface area contributed by atoms with Crippen LogP contribution in [-0.2, 0) is 4.79 Å². The Morgan fingerprint density at radius 1 is 1.56 bits per heavy atom. The van der Waals surface area contributed by atoms with Gasteiger partial charge in [-0.2, -0.15) is 0 Å². The molecule has 0 bridgehead atoms. The summed E-state index contributed by atoms with van der Waals surface area (Å²) in [5.41, 5.74) is 1.12. The lowest BCUT2D eigenvalue weighted by Gasteiger charge is -2.23. The van der Waals surface area contributed by atoms with Gasteiger partial charge in [-0.3, -0.25) is 4.79 Å². The Morgan fingerprint density at radius 3 is 2.78 bits per heavy atom. The molecule has 1 aromatic rings. The van der Waals surface area contributed by atoms with E-state index in [1.165, 1.54) is 12.1 Å². The Bertz CT molecular complexity index is 421. The lowest BCUT2D eigenvalue weighted by Crippen LogP contribution is -2.35. The minimum atomic E-state index is -0.785. The Kier molecular flexibility index (Phi) is 5.09. The van der Waals surface area contributed by atoms with E-state index in [9.17, 15) is 14.3 Å². The van der Waals surface area contributed by atoms with Gasteiger partial charge in [0, 0.05) is 24.8 Å². The fourth-order valence-electron chi connectivity index (χ4n) is 1.76. The highest BCUT2D eigenvalue weighted by Crippen LogP contribution is 2.26. The molecule has 0 aliphatic rings. The maximum absolute atomic E-state index is 13.1. The number of rotatable bonds is 5. The first-order valence-corrected chi connectivity index (χ1v) is 5.91. The normalized spacial score (nSPS) is 12.1. The molecule has 0 saturated carbocycles. The van der Waals surface area contributed by atoms with E-state index in [0.717, 1.165) is 0 Å². The van der Waals surface area contributed by atoms with Gasteiger partial charge in [-0.1, -0.05) is 0 Å². The Morgan fingerprint density at radius 2 is 2.22 bits per heavy atom. The zero-order valence-electron chi connectivity index (χ0n) is 10.9. The number of aliphatic hydroxyl groups excluding tert-OH is 1. The summed E-state index contributed by atoms with van der Waals surface area (Å²) in [4.78, 5) is 13.2. The second-order valence-corrected chi connectivity index (χ2v) is 4.19. The molecule has 0 aliphatic carbocycles. The van der Waals surface area contributed by atoms with Crippen LogP contribution in [0.2, 0.25) is 0 Å². The van der Waals surface area contributed by atoms with E-state index in [2.05, 4.69) is 5.32 Å². The smallest absolute Gasteiger partial charge is 0.239 e. The van der Waals surface area contributed by atoms with Crippen molar-refractivity contribution in [3.05, 3.63) is 29.6 Å². The molecule has 0 heterocycles. The summed E-state index contributed by atoms with van der Waals surface area (Å²) >= 11 is 0. The molecule has 100 valence electrons. The van der Waals surface area contributed by atoms with Gasteiger partial charge in [0.15, 0.2) is 0 Å². The number of halogens is 1. The maximum atomic E-state index is 13.1. The second kappa shape index (κ2) is 6.35. The van der Waals surface area contributed by atoms with Crippen LogP contribution in [0, 0.1) is 5.82 Å². The van der Waals surface area contributed by atoms with Gasteiger partial charge in [0.25, 0.3) is 0 Å². The first-order valence-electron chi connectivity index (χ1n) is 5.91. The maximum Gasteiger partial charge on any atom is 0.239 e. The van der Waals surface area contributed by atoms with Gasteiger partial charge in [-0.25, -0.2) is 4.39 Å². The zero-order valence-corrected chi connectivity index (χ0v) is 10.9. The quantitative estimate of drug-likeness (QED) is 0.836. The van der Waals surface area contributed by atoms with E-state index in [1.54, 1.807) is 24.9 Å². The number of benzene rings is 1. The third-order valence-corrected chi connectivity index (χ3v) is 2.61. The van der Waals surface area contributed by atoms with Crippen LogP contribution in [0.15, 0.2) is 18.2 Å². The average Bonchev–Trinajstić information content (AvgIpc) is 2.28. The van der Waals surface area contributed by atoms with E-state index in [4.69, 9.17) is 0 Å². The van der Waals surface area contributed by atoms with Crippen LogP contribution in [0.3, 0.4) is 0 Å². The van der Waals surface area contributed by atoms with Gasteiger partial charge in [-0.15, -0.1) is 0 Å². The van der Waals surface area contributed by atoms with Crippen LogP contribution in [0.25, 0.3) is 0 Å². The number of amides is 1. The number of carbonyl (C=O) groups excluding carboxylic acids is 1. The molecule has 5 heteroatoms. The lowest BCUT2D eigenvalue weighted by molar-refractivity contribution is -0.119. The highest BCUT2D eigenvalue weighted by molar-refractivity contribution is 5.81. The molecule has 0 aliphatic heterocycles. The minimum absolute atomic E-state index is 0.110. The predicted octanol–water partition coefficient (Wildman–Crippen LogP) is 1.45. The fourth-order valence-corrected chi connectivity index (χ4v) is 1.76. The number of nitrogens with zero attached hydrogens (tertiary/aromatic N) is 1. The van der Waals surface area contributed by atoms with Crippen molar-refractivity contribution in [1.29, 1.82) is 0 Å². The molecule has 0 spiro atoms. The van der Waals surface area contributed by atoms with E-state index in [-0.39, 0.29) is 12.5 Å². The predicted molar refractivity (Wildman–Crippen MR) is 69.0 cm³/mol. The van der Waals surface area contributed by atoms with Crippen molar-refractivity contribution in [2.24, 2.45) is 0 Å². The van der Waals surface area contributed by atoms with Crippen molar-refractivity contribution in [3.8, 4) is 0 Å². The molecule has 0 radical (unpaired) electrons. The monoisotopic (exact) mass is 254 g/mol. The first kappa shape index (κ1) is 14.4. The minimum Gasteiger partial charge on any atom is -0.389 e. The van der Waals surface area contributed by atoms with E-state index in [1.807, 2.05) is 6.92 Å². The number of nitrogens with one attached hydrogen (secondary N) is 1. The number of carbonyl (C=O) groups is 1. The van der Waals surface area contributed by atoms with Crippen molar-refractivity contribution in [2.75, 3.05) is 25.0 Å². The molecule has 0 aromatic heterocycles. The molecule has 1 rings (SSSR count). The van der Waals surface area contributed by atoms with Crippen molar-refractivity contribution in [3.63, 3.8) is 0 Å². The summed E-state index contributed by atoms with van der Waals surface area (Å²) in [5, 5.41) is 12.3. The van der Waals surface area contributed by atoms with Gasteiger partial charge >= 0.3 is 0 Å². The largest absolute Gasteiger partial charge is 0.389 e. The third-order valence-electron chi connectivity index (χ3n) is 2.61. The highest BCUT2D eigenvalue weighted by atomic mass is 19.1. The zero-order chi connectivity index (χ0) is 13.7. The van der Waals surface area contributed by atoms with Crippen LogP contribution in [0.1, 0.15) is 25.5 Å². The highest BCUT2D eigenvalue weighted by Gasteiger charge is 2.14. The number of aliphatic hydroxyl groups is 1. The average molecular weight is 254 g/mol. The lowest BCUT2D eigenvalue weighted by atomic mass is 10.1. The van der Waals surface area contributed by atoms with Crippen molar-refractivity contribution < 1.29 is 14.3 Å². The summed E-state index contributed by atoms with van der Waals surface area (Å²) in [5.74, 6) is -0.512. The van der Waals surface area contributed by atoms with Crippen molar-refractivity contribution >= 4 is 11.6 Å². The molecule has 4 nitrogen and oxygen atoms in total. The van der Waals surface area contributed by atoms with Gasteiger partial charge < -0.3 is 15.3 Å². The summed E-state index contributed by atoms with van der Waals surface area (Å²) in [6.45, 7) is 4.15. The van der Waals surface area contributed by atoms with E-state index >= 15 is 0 Å². The SMILES string of the molecule is CCNC(=O)CN(C)c1ccc(F)cc1C(C)O. The number of hydrogen-bond donors (Lipinski definition) is 2. The number of anilines is 1. The topological polar surface area (TPSA) is 52.6 Å². The second-order valence-electron chi connectivity index (χ2n) is 4.19. The molecule has 2 N–H and O–H groups in total. The number of hydrogen-bond acceptors (Lipinski definition) is 3. The molecule has 1 aromatic carbocycles. The Labute approximate surface area is 106 Å². The molecule has 18 heavy (non-hydrogen) atoms. The van der Waals surface area contributed by atoms with Gasteiger partial charge in [0.05, 0.1) is 12.6 Å². The third kappa shape index (κ3) is 3.70. The summed E-state index contributed by atoms with van der Waals surface area (Å²) in [6, 6.07) is 4.17. The summed E-state index contributed by atoms with van der Waals surface area (Å²) < 4.78 is 13.1. The van der Waals surface area contributed by atoms with Crippen LogP contribution in [0.5, 0.6) is 0 Å². The molecule has 1 unspecified atom stereocenters.